The molecule has 0 heterocycles. The molecule has 0 aromatic heterocycles. The molecular formula is C37H66O2. The molecule has 0 aromatic rings. The molecule has 5 aliphatic carbocycles. The molecule has 0 aromatic carbocycles. The Morgan fingerprint density at radius 1 is 0.718 bits per heavy atom. The zero-order chi connectivity index (χ0) is 28.7. The van der Waals surface area contributed by atoms with E-state index in [4.69, 9.17) is 9.47 Å². The summed E-state index contributed by atoms with van der Waals surface area (Å²) in [5.41, 5.74) is 1.31. The molecule has 5 aliphatic rings. The number of fused-ring (bicyclic) bond motifs is 3. The molecule has 0 aliphatic heterocycles. The molecule has 0 amide bonds. The predicted molar refractivity (Wildman–Crippen MR) is 164 cm³/mol. The molecule has 39 heavy (non-hydrogen) atoms. The Labute approximate surface area is 243 Å². The smallest absolute Gasteiger partial charge is 0.0604 e. The normalized spacial score (nSPS) is 57.9. The maximum absolute atomic E-state index is 6.23. The van der Waals surface area contributed by atoms with Gasteiger partial charge in [-0.3, -0.25) is 0 Å². The summed E-state index contributed by atoms with van der Waals surface area (Å²) in [6.07, 6.45) is 11.6. The van der Waals surface area contributed by atoms with Crippen LogP contribution in [0.3, 0.4) is 0 Å². The quantitative estimate of drug-likeness (QED) is 0.352. The Kier molecular flexibility index (Phi) is 8.24. The van der Waals surface area contributed by atoms with Crippen LogP contribution in [0, 0.1) is 87.3 Å². The Hall–Kier alpha value is -0.0800. The summed E-state index contributed by atoms with van der Waals surface area (Å²) >= 11 is 0. The van der Waals surface area contributed by atoms with Gasteiger partial charge < -0.3 is 9.47 Å². The van der Waals surface area contributed by atoms with Gasteiger partial charge in [0.25, 0.3) is 0 Å². The van der Waals surface area contributed by atoms with Gasteiger partial charge in [-0.1, -0.05) is 75.7 Å². The number of ether oxygens (including phenoxy) is 2. The Morgan fingerprint density at radius 2 is 1.41 bits per heavy atom. The summed E-state index contributed by atoms with van der Waals surface area (Å²) < 4.78 is 12.2. The molecule has 5 rings (SSSR count). The summed E-state index contributed by atoms with van der Waals surface area (Å²) in [6, 6.07) is 0. The third-order valence-corrected chi connectivity index (χ3v) is 15.6. The molecule has 0 spiro atoms. The highest BCUT2D eigenvalue weighted by Gasteiger charge is 2.69. The first-order chi connectivity index (χ1) is 18.2. The first kappa shape index (κ1) is 30.4. The van der Waals surface area contributed by atoms with E-state index >= 15 is 0 Å². The third-order valence-electron chi connectivity index (χ3n) is 15.6. The number of rotatable bonds is 4. The van der Waals surface area contributed by atoms with E-state index in [2.05, 4.69) is 69.2 Å². The largest absolute Gasteiger partial charge is 0.381 e. The minimum atomic E-state index is 0.424. The molecule has 0 N–H and O–H groups in total. The van der Waals surface area contributed by atoms with E-state index in [-0.39, 0.29) is 0 Å². The van der Waals surface area contributed by atoms with E-state index in [1.54, 1.807) is 0 Å². The van der Waals surface area contributed by atoms with E-state index in [0.717, 1.165) is 65.1 Å². The molecule has 0 bridgehead atoms. The second kappa shape index (κ2) is 10.6. The molecular weight excluding hydrogens is 476 g/mol. The highest BCUT2D eigenvalue weighted by Crippen LogP contribution is 2.75. The topological polar surface area (TPSA) is 18.5 Å². The van der Waals surface area contributed by atoms with Crippen LogP contribution in [0.5, 0.6) is 0 Å². The van der Waals surface area contributed by atoms with Gasteiger partial charge in [-0.05, 0) is 132 Å². The molecule has 2 nitrogen and oxygen atoms in total. The van der Waals surface area contributed by atoms with Crippen LogP contribution < -0.4 is 0 Å². The summed E-state index contributed by atoms with van der Waals surface area (Å²) in [7, 11) is 3.92. The molecule has 5 fully saturated rings. The second-order valence-corrected chi connectivity index (χ2v) is 17.4. The number of hydrogen-bond acceptors (Lipinski definition) is 2. The lowest BCUT2D eigenvalue weighted by atomic mass is 9.31. The van der Waals surface area contributed by atoms with Crippen LogP contribution in [-0.2, 0) is 9.47 Å². The predicted octanol–water partition coefficient (Wildman–Crippen LogP) is 9.76. The van der Waals surface area contributed by atoms with E-state index in [9.17, 15) is 0 Å². The van der Waals surface area contributed by atoms with Crippen molar-refractivity contribution in [3.63, 3.8) is 0 Å². The van der Waals surface area contributed by atoms with Gasteiger partial charge in [0.15, 0.2) is 0 Å². The fourth-order valence-electron chi connectivity index (χ4n) is 14.4. The fourth-order valence-corrected chi connectivity index (χ4v) is 14.4. The van der Waals surface area contributed by atoms with E-state index < -0.39 is 0 Å². The highest BCUT2D eigenvalue weighted by atomic mass is 16.5. The lowest BCUT2D eigenvalue weighted by Gasteiger charge is -2.73. The van der Waals surface area contributed by atoms with Crippen molar-refractivity contribution in [1.82, 2.24) is 0 Å². The minimum Gasteiger partial charge on any atom is -0.381 e. The van der Waals surface area contributed by atoms with E-state index in [1.807, 2.05) is 14.2 Å². The molecule has 226 valence electrons. The van der Waals surface area contributed by atoms with Gasteiger partial charge in [0, 0.05) is 14.2 Å². The van der Waals surface area contributed by atoms with Crippen molar-refractivity contribution >= 4 is 0 Å². The van der Waals surface area contributed by atoms with E-state index in [0.29, 0.717) is 34.4 Å². The van der Waals surface area contributed by atoms with Gasteiger partial charge in [0.1, 0.15) is 0 Å². The van der Waals surface area contributed by atoms with Crippen molar-refractivity contribution in [2.75, 3.05) is 14.2 Å². The zero-order valence-corrected chi connectivity index (χ0v) is 28.1. The van der Waals surface area contributed by atoms with Crippen molar-refractivity contribution in [2.45, 2.75) is 133 Å². The molecule has 5 saturated carbocycles. The van der Waals surface area contributed by atoms with Gasteiger partial charge >= 0.3 is 0 Å². The summed E-state index contributed by atoms with van der Waals surface area (Å²) in [5.74, 6) is 9.76. The average Bonchev–Trinajstić information content (AvgIpc) is 2.85. The van der Waals surface area contributed by atoms with Gasteiger partial charge in [-0.15, -0.1) is 0 Å². The maximum atomic E-state index is 6.23. The molecule has 2 heteroatoms. The monoisotopic (exact) mass is 543 g/mol. The lowest BCUT2D eigenvalue weighted by molar-refractivity contribution is -0.250. The van der Waals surface area contributed by atoms with Crippen LogP contribution in [-0.4, -0.2) is 26.4 Å². The average molecular weight is 543 g/mol. The van der Waals surface area contributed by atoms with Crippen molar-refractivity contribution in [3.8, 4) is 0 Å². The molecule has 0 saturated heterocycles. The maximum Gasteiger partial charge on any atom is 0.0604 e. The van der Waals surface area contributed by atoms with Crippen LogP contribution in [0.1, 0.15) is 121 Å². The van der Waals surface area contributed by atoms with E-state index in [1.165, 1.54) is 51.4 Å². The van der Waals surface area contributed by atoms with Gasteiger partial charge in [0.05, 0.1) is 12.2 Å². The molecule has 16 atom stereocenters. The van der Waals surface area contributed by atoms with Gasteiger partial charge in [-0.25, -0.2) is 0 Å². The third kappa shape index (κ3) is 4.44. The first-order valence-corrected chi connectivity index (χ1v) is 17.3. The van der Waals surface area contributed by atoms with Crippen LogP contribution in [0.4, 0.5) is 0 Å². The molecule has 16 unspecified atom stereocenters. The first-order valence-electron chi connectivity index (χ1n) is 17.3. The number of methoxy groups -OCH3 is 2. The zero-order valence-electron chi connectivity index (χ0n) is 28.1. The van der Waals surface area contributed by atoms with Gasteiger partial charge in [0.2, 0.25) is 0 Å². The fraction of sp³-hybridized carbons (Fsp3) is 1.00. The van der Waals surface area contributed by atoms with Crippen molar-refractivity contribution < 1.29 is 9.47 Å². The Morgan fingerprint density at radius 3 is 2.03 bits per heavy atom. The van der Waals surface area contributed by atoms with Crippen LogP contribution in [0.2, 0.25) is 0 Å². The van der Waals surface area contributed by atoms with Crippen LogP contribution in [0.15, 0.2) is 0 Å². The summed E-state index contributed by atoms with van der Waals surface area (Å²) in [4.78, 5) is 0. The van der Waals surface area contributed by atoms with Gasteiger partial charge in [-0.2, -0.15) is 0 Å². The standard InChI is InChI=1S/C37H66O2/c1-21(2)32-23(4)18-36(9)20-35(8)19-30-28(29-17-27(38-11)14-16-31(29)39-12)15-13-22(3)33(30)24(5)34(35)26(7)37(36,10)25(32)6/h21-34H,13-20H2,1-12H3. The highest BCUT2D eigenvalue weighted by molar-refractivity contribution is 5.17. The van der Waals surface area contributed by atoms with Crippen LogP contribution in [0.25, 0.3) is 0 Å². The summed E-state index contributed by atoms with van der Waals surface area (Å²) in [5, 5.41) is 0. The van der Waals surface area contributed by atoms with Crippen LogP contribution >= 0.6 is 0 Å². The summed E-state index contributed by atoms with van der Waals surface area (Å²) in [6.45, 7) is 26.7. The Bertz CT molecular complexity index is 867. The van der Waals surface area contributed by atoms with Crippen molar-refractivity contribution in [1.29, 1.82) is 0 Å². The Balaban J connectivity index is 1.52. The lowest BCUT2D eigenvalue weighted by Crippen LogP contribution is -2.67. The SMILES string of the molecule is COC1CCC(OC)C(C2CCC(C)C3C(C)C4C(C)C5(C)C(C)C(C(C)C)C(C)CC5(C)CC4(C)CC23)C1. The van der Waals surface area contributed by atoms with Crippen molar-refractivity contribution in [2.24, 2.45) is 87.3 Å². The molecule has 0 radical (unpaired) electrons. The number of hydrogen-bond donors (Lipinski definition) is 0. The van der Waals surface area contributed by atoms with Crippen molar-refractivity contribution in [3.05, 3.63) is 0 Å². The minimum absolute atomic E-state index is 0.424. The second-order valence-electron chi connectivity index (χ2n) is 17.4.